The Morgan fingerprint density at radius 2 is 2.21 bits per heavy atom. The van der Waals surface area contributed by atoms with Crippen molar-refractivity contribution < 1.29 is 0 Å². The average Bonchev–Trinajstić information content (AvgIpc) is 2.54. The Hall–Kier alpha value is -2.17. The molecular weight excluding hydrogens is 300 g/mol. The summed E-state index contributed by atoms with van der Waals surface area (Å²) in [7, 11) is 0. The van der Waals surface area contributed by atoms with Gasteiger partial charge in [-0.1, -0.05) is 27.2 Å². The van der Waals surface area contributed by atoms with Crippen LogP contribution in [0.15, 0.2) is 29.2 Å². The Morgan fingerprint density at radius 1 is 1.38 bits per heavy atom. The lowest BCUT2D eigenvalue weighted by Crippen LogP contribution is -2.31. The highest BCUT2D eigenvalue weighted by molar-refractivity contribution is 5.56. The van der Waals surface area contributed by atoms with Crippen molar-refractivity contribution in [2.75, 3.05) is 5.32 Å². The number of nitrogens with zero attached hydrogens (tertiary/aromatic N) is 2. The Morgan fingerprint density at radius 3 is 2.88 bits per heavy atom. The van der Waals surface area contributed by atoms with Gasteiger partial charge in [0.25, 0.3) is 5.56 Å². The fraction of sp³-hybridized carbons (Fsp3) is 0.526. The van der Waals surface area contributed by atoms with Crippen LogP contribution in [0.4, 0.5) is 5.82 Å². The smallest absolute Gasteiger partial charge is 0.251 e. The second-order valence-electron chi connectivity index (χ2n) is 7.47. The highest BCUT2D eigenvalue weighted by atomic mass is 16.1. The zero-order chi connectivity index (χ0) is 17.2. The van der Waals surface area contributed by atoms with Gasteiger partial charge in [0.2, 0.25) is 0 Å². The maximum absolute atomic E-state index is 11.7. The molecule has 0 radical (unpaired) electrons. The normalized spacial score (nSPS) is 19.9. The summed E-state index contributed by atoms with van der Waals surface area (Å²) >= 11 is 0. The fourth-order valence-electron chi connectivity index (χ4n) is 3.48. The summed E-state index contributed by atoms with van der Waals surface area (Å²) in [5.41, 5.74) is 1.90. The molecule has 0 aromatic carbocycles. The van der Waals surface area contributed by atoms with Crippen LogP contribution in [-0.4, -0.2) is 21.0 Å². The quantitative estimate of drug-likeness (QED) is 0.897. The number of hydrogen-bond acceptors (Lipinski definition) is 4. The predicted octanol–water partition coefficient (Wildman–Crippen LogP) is 3.78. The molecule has 2 aromatic rings. The molecule has 0 aliphatic heterocycles. The first-order chi connectivity index (χ1) is 11.4. The van der Waals surface area contributed by atoms with Crippen molar-refractivity contribution in [2.24, 2.45) is 5.41 Å². The molecule has 3 rings (SSSR count). The number of anilines is 1. The van der Waals surface area contributed by atoms with Crippen molar-refractivity contribution in [1.29, 1.82) is 0 Å². The van der Waals surface area contributed by atoms with Crippen LogP contribution in [0.5, 0.6) is 0 Å². The zero-order valence-corrected chi connectivity index (χ0v) is 14.7. The lowest BCUT2D eigenvalue weighted by molar-refractivity contribution is 0.229. The monoisotopic (exact) mass is 326 g/mol. The first kappa shape index (κ1) is 16.7. The number of rotatable bonds is 4. The molecule has 1 aliphatic carbocycles. The number of aryl methyl sites for hydroxylation is 1. The molecule has 1 fully saturated rings. The minimum Gasteiger partial charge on any atom is -0.367 e. The van der Waals surface area contributed by atoms with Gasteiger partial charge in [0.15, 0.2) is 0 Å². The number of H-pyrrole nitrogens is 1. The van der Waals surface area contributed by atoms with Crippen molar-refractivity contribution in [3.05, 3.63) is 40.4 Å². The van der Waals surface area contributed by atoms with E-state index in [4.69, 9.17) is 0 Å². The SMILES string of the molecule is CCc1cc(=O)[nH]c(-c2ccc(NC3CCCC(C)(C)C3)nc2)n1. The van der Waals surface area contributed by atoms with Crippen LogP contribution < -0.4 is 10.9 Å². The molecule has 2 N–H and O–H groups in total. The average molecular weight is 326 g/mol. The minimum atomic E-state index is -0.122. The summed E-state index contributed by atoms with van der Waals surface area (Å²) in [6, 6.07) is 5.95. The van der Waals surface area contributed by atoms with Gasteiger partial charge in [0, 0.05) is 29.6 Å². The van der Waals surface area contributed by atoms with Gasteiger partial charge < -0.3 is 10.3 Å². The molecule has 24 heavy (non-hydrogen) atoms. The molecule has 1 aliphatic rings. The predicted molar refractivity (Wildman–Crippen MR) is 97.1 cm³/mol. The zero-order valence-electron chi connectivity index (χ0n) is 14.7. The summed E-state index contributed by atoms with van der Waals surface area (Å²) in [6.45, 7) is 6.66. The molecule has 0 saturated heterocycles. The van der Waals surface area contributed by atoms with Gasteiger partial charge in [-0.15, -0.1) is 0 Å². The highest BCUT2D eigenvalue weighted by Crippen LogP contribution is 2.36. The highest BCUT2D eigenvalue weighted by Gasteiger charge is 2.27. The molecule has 5 nitrogen and oxygen atoms in total. The Bertz CT molecular complexity index is 749. The lowest BCUT2D eigenvalue weighted by atomic mass is 9.75. The molecule has 5 heteroatoms. The molecule has 128 valence electrons. The van der Waals surface area contributed by atoms with Crippen molar-refractivity contribution in [1.82, 2.24) is 15.0 Å². The summed E-state index contributed by atoms with van der Waals surface area (Å²) in [5.74, 6) is 1.47. The van der Waals surface area contributed by atoms with Gasteiger partial charge in [0.05, 0.1) is 0 Å². The van der Waals surface area contributed by atoms with Gasteiger partial charge in [-0.05, 0) is 43.2 Å². The van der Waals surface area contributed by atoms with E-state index < -0.39 is 0 Å². The van der Waals surface area contributed by atoms with Crippen LogP contribution in [0.3, 0.4) is 0 Å². The number of hydrogen-bond donors (Lipinski definition) is 2. The Labute approximate surface area is 143 Å². The molecule has 0 amide bonds. The van der Waals surface area contributed by atoms with E-state index in [2.05, 4.69) is 34.1 Å². The standard InChI is InChI=1S/C19H26N4O/c1-4-14-10-17(24)23-18(22-14)13-7-8-16(20-12-13)21-15-6-5-9-19(2,3)11-15/h7-8,10,12,15H,4-6,9,11H2,1-3H3,(H,20,21)(H,22,23,24). The maximum atomic E-state index is 11.7. The van der Waals surface area contributed by atoms with Crippen molar-refractivity contribution in [3.63, 3.8) is 0 Å². The van der Waals surface area contributed by atoms with E-state index in [1.54, 1.807) is 6.20 Å². The summed E-state index contributed by atoms with van der Waals surface area (Å²) in [4.78, 5) is 23.5. The van der Waals surface area contributed by atoms with E-state index in [1.165, 1.54) is 31.7 Å². The van der Waals surface area contributed by atoms with E-state index in [9.17, 15) is 4.79 Å². The lowest BCUT2D eigenvalue weighted by Gasteiger charge is -2.35. The van der Waals surface area contributed by atoms with Crippen LogP contribution in [0.1, 0.15) is 52.1 Å². The molecule has 0 bridgehead atoms. The Balaban J connectivity index is 1.74. The number of pyridine rings is 1. The summed E-state index contributed by atoms with van der Waals surface area (Å²) < 4.78 is 0. The summed E-state index contributed by atoms with van der Waals surface area (Å²) in [6.07, 6.45) is 7.43. The van der Waals surface area contributed by atoms with E-state index in [-0.39, 0.29) is 5.56 Å². The largest absolute Gasteiger partial charge is 0.367 e. The third-order valence-electron chi connectivity index (χ3n) is 4.75. The van der Waals surface area contributed by atoms with Crippen LogP contribution >= 0.6 is 0 Å². The second kappa shape index (κ2) is 6.75. The van der Waals surface area contributed by atoms with E-state index >= 15 is 0 Å². The fourth-order valence-corrected chi connectivity index (χ4v) is 3.48. The second-order valence-corrected chi connectivity index (χ2v) is 7.47. The Kier molecular flexibility index (Phi) is 4.69. The first-order valence-corrected chi connectivity index (χ1v) is 8.78. The molecule has 1 atom stereocenters. The van der Waals surface area contributed by atoms with Gasteiger partial charge in [-0.25, -0.2) is 9.97 Å². The molecule has 2 heterocycles. The number of aromatic amines is 1. The number of nitrogens with one attached hydrogen (secondary N) is 2. The van der Waals surface area contributed by atoms with Crippen LogP contribution in [0.25, 0.3) is 11.4 Å². The number of aromatic nitrogens is 3. The van der Waals surface area contributed by atoms with E-state index in [1.807, 2.05) is 19.1 Å². The van der Waals surface area contributed by atoms with Crippen LogP contribution in [0, 0.1) is 5.41 Å². The van der Waals surface area contributed by atoms with Crippen molar-refractivity contribution >= 4 is 5.82 Å². The van der Waals surface area contributed by atoms with Crippen molar-refractivity contribution in [3.8, 4) is 11.4 Å². The first-order valence-electron chi connectivity index (χ1n) is 8.78. The van der Waals surface area contributed by atoms with Crippen LogP contribution in [0.2, 0.25) is 0 Å². The molecular formula is C19H26N4O. The molecule has 1 unspecified atom stereocenters. The maximum Gasteiger partial charge on any atom is 0.251 e. The molecule has 0 spiro atoms. The summed E-state index contributed by atoms with van der Waals surface area (Å²) in [5, 5.41) is 3.55. The van der Waals surface area contributed by atoms with Gasteiger partial charge >= 0.3 is 0 Å². The van der Waals surface area contributed by atoms with Gasteiger partial charge in [-0.2, -0.15) is 0 Å². The van der Waals surface area contributed by atoms with Crippen LogP contribution in [-0.2, 0) is 6.42 Å². The van der Waals surface area contributed by atoms with Gasteiger partial charge in [-0.3, -0.25) is 4.79 Å². The molecule has 2 aromatic heterocycles. The van der Waals surface area contributed by atoms with Crippen molar-refractivity contribution in [2.45, 2.75) is 58.9 Å². The molecule has 1 saturated carbocycles. The van der Waals surface area contributed by atoms with Gasteiger partial charge in [0.1, 0.15) is 11.6 Å². The van der Waals surface area contributed by atoms with E-state index in [0.29, 0.717) is 17.3 Å². The minimum absolute atomic E-state index is 0.122. The topological polar surface area (TPSA) is 70.7 Å². The third kappa shape index (κ3) is 4.02. The van der Waals surface area contributed by atoms with E-state index in [0.717, 1.165) is 23.5 Å². The third-order valence-corrected chi connectivity index (χ3v) is 4.75.